The zero-order valence-electron chi connectivity index (χ0n) is 14.7. The van der Waals surface area contributed by atoms with E-state index in [0.717, 1.165) is 35.3 Å². The van der Waals surface area contributed by atoms with Crippen LogP contribution in [0.15, 0.2) is 35.4 Å². The second-order valence-electron chi connectivity index (χ2n) is 6.88. The summed E-state index contributed by atoms with van der Waals surface area (Å²) < 4.78 is 3.60. The van der Waals surface area contributed by atoms with E-state index in [0.29, 0.717) is 11.4 Å². The van der Waals surface area contributed by atoms with E-state index in [1.807, 2.05) is 36.0 Å². The quantitative estimate of drug-likeness (QED) is 0.678. The second kappa shape index (κ2) is 5.89. The third-order valence-corrected chi connectivity index (χ3v) is 4.43. The summed E-state index contributed by atoms with van der Waals surface area (Å²) in [6.45, 7) is 4.16. The molecule has 3 aromatic rings. The number of fused-ring (bicyclic) bond motifs is 1. The first-order valence-corrected chi connectivity index (χ1v) is 8.60. The van der Waals surface area contributed by atoms with Crippen molar-refractivity contribution in [2.75, 3.05) is 0 Å². The van der Waals surface area contributed by atoms with Crippen LogP contribution >= 0.6 is 0 Å². The van der Waals surface area contributed by atoms with E-state index in [1.54, 1.807) is 10.9 Å². The van der Waals surface area contributed by atoms with Crippen LogP contribution in [0.3, 0.4) is 0 Å². The van der Waals surface area contributed by atoms with Crippen LogP contribution in [0.4, 0.5) is 0 Å². The maximum absolute atomic E-state index is 13.2. The number of rotatable bonds is 2. The van der Waals surface area contributed by atoms with Crippen LogP contribution in [-0.4, -0.2) is 19.3 Å². The molecule has 5 heteroatoms. The Morgan fingerprint density at radius 2 is 2.04 bits per heavy atom. The zero-order chi connectivity index (χ0) is 17.6. The number of hydrogen-bond donors (Lipinski definition) is 0. The van der Waals surface area contributed by atoms with Crippen LogP contribution in [0.1, 0.15) is 55.6 Å². The van der Waals surface area contributed by atoms with Gasteiger partial charge in [-0.2, -0.15) is 5.10 Å². The van der Waals surface area contributed by atoms with Crippen molar-refractivity contribution in [3.05, 3.63) is 57.9 Å². The van der Waals surface area contributed by atoms with Crippen molar-refractivity contribution in [2.24, 2.45) is 7.05 Å². The molecule has 1 saturated carbocycles. The van der Waals surface area contributed by atoms with Crippen molar-refractivity contribution < 1.29 is 0 Å². The Hall–Kier alpha value is -2.87. The molecule has 0 bridgehead atoms. The molecule has 2 heterocycles. The first kappa shape index (κ1) is 15.6. The molecular weight excluding hydrogens is 312 g/mol. The molecule has 1 fully saturated rings. The number of benzene rings is 1. The summed E-state index contributed by atoms with van der Waals surface area (Å²) >= 11 is 0. The molecule has 0 spiro atoms. The molecule has 0 saturated heterocycles. The number of aryl methyl sites for hydroxylation is 1. The summed E-state index contributed by atoms with van der Waals surface area (Å²) in [4.78, 5) is 18.0. The van der Waals surface area contributed by atoms with Gasteiger partial charge < -0.3 is 0 Å². The molecule has 0 radical (unpaired) electrons. The highest BCUT2D eigenvalue weighted by Crippen LogP contribution is 2.36. The first-order chi connectivity index (χ1) is 12.0. The van der Waals surface area contributed by atoms with E-state index in [-0.39, 0.29) is 11.5 Å². The highest BCUT2D eigenvalue weighted by molar-refractivity contribution is 5.84. The second-order valence-corrected chi connectivity index (χ2v) is 6.88. The maximum atomic E-state index is 13.2. The van der Waals surface area contributed by atoms with E-state index in [1.165, 1.54) is 0 Å². The minimum absolute atomic E-state index is 0.0345. The predicted molar refractivity (Wildman–Crippen MR) is 97.6 cm³/mol. The fourth-order valence-electron chi connectivity index (χ4n) is 3.08. The van der Waals surface area contributed by atoms with E-state index in [2.05, 4.69) is 30.8 Å². The molecule has 0 aliphatic heterocycles. The van der Waals surface area contributed by atoms with Gasteiger partial charge in [0.05, 0.1) is 22.7 Å². The first-order valence-electron chi connectivity index (χ1n) is 8.60. The van der Waals surface area contributed by atoms with E-state index >= 15 is 0 Å². The SMILES string of the molecule is CC(C)c1nc2cccc(C#Cc3cnn(C)c3)c2c(=O)n1C1CC1. The lowest BCUT2D eigenvalue weighted by molar-refractivity contribution is 0.605. The summed E-state index contributed by atoms with van der Waals surface area (Å²) in [7, 11) is 1.86. The van der Waals surface area contributed by atoms with Gasteiger partial charge in [-0.1, -0.05) is 31.8 Å². The molecule has 0 unspecified atom stereocenters. The summed E-state index contributed by atoms with van der Waals surface area (Å²) in [5, 5.41) is 4.74. The Morgan fingerprint density at radius 1 is 1.24 bits per heavy atom. The minimum atomic E-state index is 0.0345. The van der Waals surface area contributed by atoms with Gasteiger partial charge in [-0.05, 0) is 25.0 Å². The lowest BCUT2D eigenvalue weighted by Crippen LogP contribution is -2.26. The number of hydrogen-bond acceptors (Lipinski definition) is 3. The molecule has 25 heavy (non-hydrogen) atoms. The smallest absolute Gasteiger partial charge is 0.262 e. The molecule has 126 valence electrons. The largest absolute Gasteiger partial charge is 0.293 e. The topological polar surface area (TPSA) is 52.7 Å². The molecule has 1 aliphatic carbocycles. The van der Waals surface area contributed by atoms with Gasteiger partial charge in [-0.25, -0.2) is 4.98 Å². The van der Waals surface area contributed by atoms with Crippen LogP contribution in [0.25, 0.3) is 10.9 Å². The van der Waals surface area contributed by atoms with Gasteiger partial charge in [0, 0.05) is 30.8 Å². The average molecular weight is 332 g/mol. The molecule has 4 rings (SSSR count). The molecule has 0 atom stereocenters. The number of nitrogens with zero attached hydrogens (tertiary/aromatic N) is 4. The van der Waals surface area contributed by atoms with Gasteiger partial charge in [-0.3, -0.25) is 14.0 Å². The summed E-state index contributed by atoms with van der Waals surface area (Å²) in [5.74, 6) is 7.31. The van der Waals surface area contributed by atoms with Gasteiger partial charge >= 0.3 is 0 Å². The lowest BCUT2D eigenvalue weighted by Gasteiger charge is -2.15. The highest BCUT2D eigenvalue weighted by atomic mass is 16.1. The molecule has 1 aliphatic rings. The van der Waals surface area contributed by atoms with Crippen molar-refractivity contribution in [2.45, 2.75) is 38.6 Å². The van der Waals surface area contributed by atoms with E-state index in [9.17, 15) is 4.79 Å². The van der Waals surface area contributed by atoms with E-state index in [4.69, 9.17) is 4.98 Å². The molecule has 0 N–H and O–H groups in total. The standard InChI is InChI=1S/C20H20N4O/c1-13(2)19-22-17-6-4-5-15(8-7-14-11-21-23(3)12-14)18(17)20(25)24(19)16-9-10-16/h4-6,11-13,16H,9-10H2,1-3H3. The lowest BCUT2D eigenvalue weighted by atomic mass is 10.1. The predicted octanol–water partition coefficient (Wildman–Crippen LogP) is 2.99. The van der Waals surface area contributed by atoms with Gasteiger partial charge in [-0.15, -0.1) is 0 Å². The van der Waals surface area contributed by atoms with Crippen LogP contribution in [0.5, 0.6) is 0 Å². The average Bonchev–Trinajstić information content (AvgIpc) is 3.33. The van der Waals surface area contributed by atoms with Gasteiger partial charge in [0.2, 0.25) is 0 Å². The third kappa shape index (κ3) is 2.85. The molecular formula is C20H20N4O. The van der Waals surface area contributed by atoms with Crippen LogP contribution in [0, 0.1) is 11.8 Å². The van der Waals surface area contributed by atoms with Crippen molar-refractivity contribution in [1.82, 2.24) is 19.3 Å². The van der Waals surface area contributed by atoms with E-state index < -0.39 is 0 Å². The fraction of sp³-hybridized carbons (Fsp3) is 0.350. The summed E-state index contributed by atoms with van der Waals surface area (Å²) in [6.07, 6.45) is 5.68. The Balaban J connectivity index is 1.93. The van der Waals surface area contributed by atoms with Crippen molar-refractivity contribution >= 4 is 10.9 Å². The minimum Gasteiger partial charge on any atom is -0.293 e. The fourth-order valence-corrected chi connectivity index (χ4v) is 3.08. The van der Waals surface area contributed by atoms with Crippen molar-refractivity contribution in [3.8, 4) is 11.8 Å². The molecule has 2 aromatic heterocycles. The molecule has 5 nitrogen and oxygen atoms in total. The normalized spacial score (nSPS) is 13.9. The molecule has 0 amide bonds. The monoisotopic (exact) mass is 332 g/mol. The Bertz CT molecular complexity index is 1070. The number of aromatic nitrogens is 4. The Kier molecular flexibility index (Phi) is 3.69. The van der Waals surface area contributed by atoms with Gasteiger partial charge in [0.1, 0.15) is 5.82 Å². The highest BCUT2D eigenvalue weighted by Gasteiger charge is 2.29. The van der Waals surface area contributed by atoms with Crippen LogP contribution in [-0.2, 0) is 7.05 Å². The zero-order valence-corrected chi connectivity index (χ0v) is 14.7. The van der Waals surface area contributed by atoms with Crippen molar-refractivity contribution in [3.63, 3.8) is 0 Å². The van der Waals surface area contributed by atoms with Gasteiger partial charge in [0.25, 0.3) is 5.56 Å². The van der Waals surface area contributed by atoms with Crippen LogP contribution < -0.4 is 5.56 Å². The van der Waals surface area contributed by atoms with Gasteiger partial charge in [0.15, 0.2) is 0 Å². The maximum Gasteiger partial charge on any atom is 0.262 e. The summed E-state index contributed by atoms with van der Waals surface area (Å²) in [5.41, 5.74) is 2.31. The third-order valence-electron chi connectivity index (χ3n) is 4.43. The Labute approximate surface area is 146 Å². The summed E-state index contributed by atoms with van der Waals surface area (Å²) in [6, 6.07) is 5.99. The van der Waals surface area contributed by atoms with Crippen LogP contribution in [0.2, 0.25) is 0 Å². The van der Waals surface area contributed by atoms with Crippen molar-refractivity contribution in [1.29, 1.82) is 0 Å². The molecule has 1 aromatic carbocycles. The Morgan fingerprint density at radius 3 is 2.68 bits per heavy atom.